The van der Waals surface area contributed by atoms with Crippen LogP contribution in [0.25, 0.3) is 0 Å². The van der Waals surface area contributed by atoms with Crippen molar-refractivity contribution in [2.75, 3.05) is 55.8 Å². The van der Waals surface area contributed by atoms with Gasteiger partial charge in [0.05, 0.1) is 36.1 Å². The predicted octanol–water partition coefficient (Wildman–Crippen LogP) is 2.25. The molecule has 0 spiro atoms. The molecular formula is C24H29BrN4O5S. The van der Waals surface area contributed by atoms with Gasteiger partial charge in [-0.25, -0.2) is 8.42 Å². The van der Waals surface area contributed by atoms with Crippen LogP contribution in [0.1, 0.15) is 22.3 Å². The van der Waals surface area contributed by atoms with Crippen LogP contribution in [0.4, 0.5) is 11.4 Å². The highest BCUT2D eigenvalue weighted by Crippen LogP contribution is 2.28. The first-order valence-electron chi connectivity index (χ1n) is 11.5. The third kappa shape index (κ3) is 7.26. The van der Waals surface area contributed by atoms with Gasteiger partial charge >= 0.3 is 0 Å². The molecule has 0 saturated carbocycles. The van der Waals surface area contributed by atoms with Crippen molar-refractivity contribution in [3.8, 4) is 0 Å². The highest BCUT2D eigenvalue weighted by Gasteiger charge is 2.30. The number of carbonyl (C=O) groups is 2. The molecule has 0 aliphatic carbocycles. The zero-order valence-electron chi connectivity index (χ0n) is 19.3. The van der Waals surface area contributed by atoms with Gasteiger partial charge in [-0.3, -0.25) is 14.5 Å². The number of nitrogens with one attached hydrogen (secondary N) is 3. The van der Waals surface area contributed by atoms with E-state index in [1.165, 1.54) is 0 Å². The molecule has 2 aliphatic rings. The van der Waals surface area contributed by atoms with Gasteiger partial charge < -0.3 is 20.7 Å². The molecule has 11 heteroatoms. The molecule has 35 heavy (non-hydrogen) atoms. The van der Waals surface area contributed by atoms with Gasteiger partial charge in [0, 0.05) is 29.7 Å². The lowest BCUT2D eigenvalue weighted by Gasteiger charge is -2.27. The topological polar surface area (TPSA) is 117 Å². The average Bonchev–Trinajstić information content (AvgIpc) is 2.82. The fourth-order valence-corrected chi connectivity index (χ4v) is 6.12. The van der Waals surface area contributed by atoms with E-state index in [9.17, 15) is 18.0 Å². The first-order chi connectivity index (χ1) is 16.8. The van der Waals surface area contributed by atoms with Gasteiger partial charge in [-0.2, -0.15) is 0 Å². The Kier molecular flexibility index (Phi) is 8.42. The molecule has 2 amide bonds. The maximum Gasteiger partial charge on any atom is 0.251 e. The number of amides is 2. The number of sulfone groups is 1. The molecule has 1 saturated heterocycles. The normalized spacial score (nSPS) is 18.3. The predicted molar refractivity (Wildman–Crippen MR) is 138 cm³/mol. The van der Waals surface area contributed by atoms with Crippen molar-refractivity contribution in [3.63, 3.8) is 0 Å². The van der Waals surface area contributed by atoms with Gasteiger partial charge in [-0.1, -0.05) is 28.1 Å². The van der Waals surface area contributed by atoms with E-state index in [1.807, 2.05) is 6.07 Å². The van der Waals surface area contributed by atoms with Gasteiger partial charge in [0.25, 0.3) is 5.91 Å². The number of anilines is 2. The number of carbonyl (C=O) groups excluding carboxylic acids is 2. The van der Waals surface area contributed by atoms with E-state index in [1.54, 1.807) is 36.4 Å². The molecule has 2 heterocycles. The molecule has 0 aromatic heterocycles. The number of hydrogen-bond acceptors (Lipinski definition) is 7. The van der Waals surface area contributed by atoms with Crippen molar-refractivity contribution in [1.82, 2.24) is 10.2 Å². The smallest absolute Gasteiger partial charge is 0.251 e. The van der Waals surface area contributed by atoms with Crippen molar-refractivity contribution in [3.05, 3.63) is 58.1 Å². The lowest BCUT2D eigenvalue weighted by Crippen LogP contribution is -2.43. The Morgan fingerprint density at radius 1 is 1.14 bits per heavy atom. The number of halogens is 1. The van der Waals surface area contributed by atoms with Crippen LogP contribution >= 0.6 is 15.9 Å². The molecule has 188 valence electrons. The van der Waals surface area contributed by atoms with Crippen LogP contribution in [0.15, 0.2) is 46.9 Å². The van der Waals surface area contributed by atoms with Crippen molar-refractivity contribution in [2.45, 2.75) is 18.2 Å². The number of fused-ring (bicyclic) bond motifs is 1. The Hall–Kier alpha value is -2.47. The number of rotatable bonds is 9. The van der Waals surface area contributed by atoms with E-state index in [-0.39, 0.29) is 17.4 Å². The van der Waals surface area contributed by atoms with Crippen molar-refractivity contribution < 1.29 is 22.7 Å². The van der Waals surface area contributed by atoms with E-state index >= 15 is 0 Å². The summed E-state index contributed by atoms with van der Waals surface area (Å²) >= 11 is 3.34. The minimum atomic E-state index is -3.55. The maximum atomic E-state index is 12.7. The number of ether oxygens (including phenoxy) is 1. The minimum Gasteiger partial charge on any atom is -0.379 e. The Bertz CT molecular complexity index is 1180. The van der Waals surface area contributed by atoms with Crippen molar-refractivity contribution >= 4 is 49.0 Å². The van der Waals surface area contributed by atoms with Crippen LogP contribution in [0.3, 0.4) is 0 Å². The Labute approximate surface area is 213 Å². The Balaban J connectivity index is 1.31. The quantitative estimate of drug-likeness (QED) is 0.400. The van der Waals surface area contributed by atoms with Crippen LogP contribution < -0.4 is 16.0 Å². The highest BCUT2D eigenvalue weighted by atomic mass is 79.9. The molecular weight excluding hydrogens is 536 g/mol. The van der Waals surface area contributed by atoms with Gasteiger partial charge in [-0.15, -0.1) is 0 Å². The number of morpholine rings is 1. The molecule has 3 N–H and O–H groups in total. The maximum absolute atomic E-state index is 12.7. The second-order valence-electron chi connectivity index (χ2n) is 8.69. The molecule has 0 unspecified atom stereocenters. The SMILES string of the molecule is O=C(NCCCN1CCOCC1)c1ccc2c(c1)NC(=O)[C@@H](CS(=O)(=O)Cc1cccc(Br)c1)N2. The number of nitrogens with zero attached hydrogens (tertiary/aromatic N) is 1. The monoisotopic (exact) mass is 564 g/mol. The van der Waals surface area contributed by atoms with Crippen LogP contribution in [-0.4, -0.2) is 76.3 Å². The largest absolute Gasteiger partial charge is 0.379 e. The van der Waals surface area contributed by atoms with Crippen molar-refractivity contribution in [2.24, 2.45) is 0 Å². The second kappa shape index (κ2) is 11.5. The minimum absolute atomic E-state index is 0.157. The fourth-order valence-electron chi connectivity index (χ4n) is 4.13. The van der Waals surface area contributed by atoms with E-state index in [2.05, 4.69) is 36.8 Å². The Morgan fingerprint density at radius 3 is 2.71 bits per heavy atom. The highest BCUT2D eigenvalue weighted by molar-refractivity contribution is 9.10. The summed E-state index contributed by atoms with van der Waals surface area (Å²) in [5.74, 6) is -1.16. The average molecular weight is 565 g/mol. The molecule has 2 aromatic carbocycles. The second-order valence-corrected chi connectivity index (χ2v) is 11.7. The van der Waals surface area contributed by atoms with Gasteiger partial charge in [0.2, 0.25) is 5.91 Å². The first kappa shape index (κ1) is 25.6. The summed E-state index contributed by atoms with van der Waals surface area (Å²) in [6.07, 6.45) is 0.838. The van der Waals surface area contributed by atoms with Gasteiger partial charge in [0.15, 0.2) is 9.84 Å². The fraction of sp³-hybridized carbons (Fsp3) is 0.417. The van der Waals surface area contributed by atoms with Crippen LogP contribution in [-0.2, 0) is 25.1 Å². The zero-order chi connectivity index (χ0) is 24.8. The third-order valence-corrected chi connectivity index (χ3v) is 8.03. The van der Waals surface area contributed by atoms with E-state index in [4.69, 9.17) is 4.74 Å². The third-order valence-electron chi connectivity index (χ3n) is 5.92. The number of hydrogen-bond donors (Lipinski definition) is 3. The summed E-state index contributed by atoms with van der Waals surface area (Å²) in [5, 5.41) is 8.66. The molecule has 1 fully saturated rings. The number of benzene rings is 2. The van der Waals surface area contributed by atoms with E-state index < -0.39 is 21.8 Å². The summed E-state index contributed by atoms with van der Waals surface area (Å²) in [6.45, 7) is 4.78. The van der Waals surface area contributed by atoms with Crippen LogP contribution in [0.2, 0.25) is 0 Å². The van der Waals surface area contributed by atoms with E-state index in [0.717, 1.165) is 43.7 Å². The van der Waals surface area contributed by atoms with Gasteiger partial charge in [-0.05, 0) is 48.9 Å². The Morgan fingerprint density at radius 2 is 1.94 bits per heavy atom. The lowest BCUT2D eigenvalue weighted by molar-refractivity contribution is -0.116. The van der Waals surface area contributed by atoms with Crippen LogP contribution in [0.5, 0.6) is 0 Å². The standard InChI is InChI=1S/C24H29BrN4O5S/c25-19-4-1-3-17(13-19)15-35(32,33)16-22-24(31)28-21-14-18(5-6-20(21)27-22)23(30)26-7-2-8-29-9-11-34-12-10-29/h1,3-6,13-14,22,27H,2,7-12,15-16H2,(H,26,30)(H,28,31)/t22-/m1/s1. The zero-order valence-corrected chi connectivity index (χ0v) is 21.7. The summed E-state index contributed by atoms with van der Waals surface area (Å²) < 4.78 is 31.5. The molecule has 0 radical (unpaired) electrons. The summed E-state index contributed by atoms with van der Waals surface area (Å²) in [5.41, 5.74) is 2.11. The molecule has 9 nitrogen and oxygen atoms in total. The molecule has 1 atom stereocenters. The molecule has 0 bridgehead atoms. The molecule has 4 rings (SSSR count). The lowest BCUT2D eigenvalue weighted by atomic mass is 10.1. The summed E-state index contributed by atoms with van der Waals surface area (Å²) in [6, 6.07) is 11.1. The summed E-state index contributed by atoms with van der Waals surface area (Å²) in [4.78, 5) is 27.5. The van der Waals surface area contributed by atoms with Crippen LogP contribution in [0, 0.1) is 0 Å². The van der Waals surface area contributed by atoms with Gasteiger partial charge in [0.1, 0.15) is 6.04 Å². The summed E-state index contributed by atoms with van der Waals surface area (Å²) in [7, 11) is -3.55. The first-order valence-corrected chi connectivity index (χ1v) is 14.2. The van der Waals surface area contributed by atoms with E-state index in [0.29, 0.717) is 29.0 Å². The molecule has 2 aromatic rings. The molecule has 2 aliphatic heterocycles. The van der Waals surface area contributed by atoms with Crippen molar-refractivity contribution in [1.29, 1.82) is 0 Å².